The van der Waals surface area contributed by atoms with E-state index in [1.807, 2.05) is 69.3 Å². The lowest BCUT2D eigenvalue weighted by Crippen LogP contribution is -2.49. The van der Waals surface area contributed by atoms with Crippen molar-refractivity contribution in [3.63, 3.8) is 0 Å². The molecular weight excluding hydrogens is 436 g/mol. The lowest BCUT2D eigenvalue weighted by Gasteiger charge is -2.25. The molecule has 0 aromatic heterocycles. The molecule has 34 heavy (non-hydrogen) atoms. The predicted molar refractivity (Wildman–Crippen MR) is 128 cm³/mol. The molecule has 0 saturated carbocycles. The summed E-state index contributed by atoms with van der Waals surface area (Å²) >= 11 is 0. The third-order valence-corrected chi connectivity index (χ3v) is 5.90. The molecule has 0 bridgehead atoms. The van der Waals surface area contributed by atoms with Crippen LogP contribution in [0.5, 0.6) is 0 Å². The van der Waals surface area contributed by atoms with Crippen LogP contribution in [0.15, 0.2) is 48.5 Å². The first-order valence-corrected chi connectivity index (χ1v) is 11.3. The standard InChI is InChI=1S/C26H32N2O6/c1-26(2,3)13-14-33-24(31)27-15-22(23(29)30)28(4)25(32)34-16-21-19-11-7-5-9-17(19)18-10-6-8-12-20(18)21/h5-12,21-22H,13-16H2,1-4H3,(H,27,31)(H,29,30)/t22-/m0/s1. The number of ether oxygens (including phenoxy) is 2. The van der Waals surface area contributed by atoms with Gasteiger partial charge in [0, 0.05) is 13.0 Å². The first kappa shape index (κ1) is 25.1. The fourth-order valence-electron chi connectivity index (χ4n) is 3.89. The van der Waals surface area contributed by atoms with E-state index in [0.29, 0.717) is 6.42 Å². The Balaban J connectivity index is 1.57. The van der Waals surface area contributed by atoms with Crippen LogP contribution in [0.25, 0.3) is 11.1 Å². The van der Waals surface area contributed by atoms with Crippen LogP contribution in [0.4, 0.5) is 9.59 Å². The Labute approximate surface area is 199 Å². The van der Waals surface area contributed by atoms with Gasteiger partial charge in [0.15, 0.2) is 0 Å². The van der Waals surface area contributed by atoms with Crippen molar-refractivity contribution in [1.29, 1.82) is 0 Å². The van der Waals surface area contributed by atoms with E-state index in [4.69, 9.17) is 9.47 Å². The van der Waals surface area contributed by atoms with E-state index in [2.05, 4.69) is 5.32 Å². The average molecular weight is 469 g/mol. The van der Waals surface area contributed by atoms with E-state index >= 15 is 0 Å². The molecule has 8 heteroatoms. The van der Waals surface area contributed by atoms with Crippen LogP contribution in [-0.4, -0.2) is 61.0 Å². The highest BCUT2D eigenvalue weighted by atomic mass is 16.6. The molecule has 0 saturated heterocycles. The molecule has 2 N–H and O–H groups in total. The number of carbonyl (C=O) groups is 3. The zero-order valence-electron chi connectivity index (χ0n) is 20.0. The van der Waals surface area contributed by atoms with Crippen LogP contribution in [0, 0.1) is 5.41 Å². The highest BCUT2D eigenvalue weighted by Gasteiger charge is 2.32. The SMILES string of the molecule is CN(C(=O)OCC1c2ccccc2-c2ccccc21)[C@@H](CNC(=O)OCCC(C)(C)C)C(=O)O. The third kappa shape index (κ3) is 6.07. The van der Waals surface area contributed by atoms with Crippen LogP contribution in [0.2, 0.25) is 0 Å². The number of alkyl carbamates (subject to hydrolysis) is 1. The molecule has 0 heterocycles. The zero-order valence-corrected chi connectivity index (χ0v) is 20.0. The summed E-state index contributed by atoms with van der Waals surface area (Å²) in [5.74, 6) is -1.39. The van der Waals surface area contributed by atoms with Crippen molar-refractivity contribution in [2.75, 3.05) is 26.8 Å². The van der Waals surface area contributed by atoms with Crippen molar-refractivity contribution >= 4 is 18.2 Å². The second-order valence-corrected chi connectivity index (χ2v) is 9.60. The zero-order chi connectivity index (χ0) is 24.9. The molecule has 1 atom stereocenters. The maximum absolute atomic E-state index is 12.7. The van der Waals surface area contributed by atoms with Crippen molar-refractivity contribution in [3.8, 4) is 11.1 Å². The van der Waals surface area contributed by atoms with Gasteiger partial charge in [-0.3, -0.25) is 4.90 Å². The third-order valence-electron chi connectivity index (χ3n) is 5.90. The Hall–Kier alpha value is -3.55. The topological polar surface area (TPSA) is 105 Å². The highest BCUT2D eigenvalue weighted by molar-refractivity contribution is 5.81. The molecule has 0 aliphatic heterocycles. The maximum atomic E-state index is 12.7. The number of hydrogen-bond acceptors (Lipinski definition) is 5. The summed E-state index contributed by atoms with van der Waals surface area (Å²) in [6, 6.07) is 14.6. The highest BCUT2D eigenvalue weighted by Crippen LogP contribution is 2.44. The van der Waals surface area contributed by atoms with Gasteiger partial charge in [-0.1, -0.05) is 69.3 Å². The lowest BCUT2D eigenvalue weighted by molar-refractivity contribution is -0.142. The number of fused-ring (bicyclic) bond motifs is 3. The quantitative estimate of drug-likeness (QED) is 0.592. The summed E-state index contributed by atoms with van der Waals surface area (Å²) in [4.78, 5) is 37.3. The number of rotatable bonds is 8. The van der Waals surface area contributed by atoms with E-state index in [0.717, 1.165) is 27.2 Å². The fourth-order valence-corrected chi connectivity index (χ4v) is 3.89. The number of likely N-dealkylation sites (N-methyl/N-ethyl adjacent to an activating group) is 1. The average Bonchev–Trinajstić information content (AvgIpc) is 3.10. The van der Waals surface area contributed by atoms with Gasteiger partial charge < -0.3 is 19.9 Å². The predicted octanol–water partition coefficient (Wildman–Crippen LogP) is 4.48. The number of nitrogens with one attached hydrogen (secondary N) is 1. The molecule has 2 amide bonds. The minimum absolute atomic E-state index is 0.00814. The number of hydrogen-bond donors (Lipinski definition) is 2. The molecule has 0 fully saturated rings. The summed E-state index contributed by atoms with van der Waals surface area (Å²) in [7, 11) is 1.34. The van der Waals surface area contributed by atoms with Gasteiger partial charge in [0.05, 0.1) is 13.2 Å². The van der Waals surface area contributed by atoms with Crippen molar-refractivity contribution in [1.82, 2.24) is 10.2 Å². The van der Waals surface area contributed by atoms with Crippen LogP contribution < -0.4 is 5.32 Å². The van der Waals surface area contributed by atoms with E-state index in [1.54, 1.807) is 0 Å². The lowest BCUT2D eigenvalue weighted by atomic mass is 9.93. The van der Waals surface area contributed by atoms with Crippen LogP contribution >= 0.6 is 0 Å². The molecule has 1 aliphatic rings. The van der Waals surface area contributed by atoms with Crippen molar-refractivity contribution in [2.45, 2.75) is 39.2 Å². The van der Waals surface area contributed by atoms with Gasteiger partial charge in [0.2, 0.25) is 0 Å². The van der Waals surface area contributed by atoms with E-state index in [1.165, 1.54) is 7.05 Å². The van der Waals surface area contributed by atoms with Crippen molar-refractivity contribution in [2.24, 2.45) is 5.41 Å². The molecule has 0 radical (unpaired) electrons. The summed E-state index contributed by atoms with van der Waals surface area (Å²) in [6.07, 6.45) is -0.837. The Morgan fingerprint density at radius 3 is 2.09 bits per heavy atom. The monoisotopic (exact) mass is 468 g/mol. The van der Waals surface area contributed by atoms with Gasteiger partial charge in [0.1, 0.15) is 12.6 Å². The van der Waals surface area contributed by atoms with Gasteiger partial charge >= 0.3 is 18.2 Å². The first-order chi connectivity index (χ1) is 16.1. The molecule has 8 nitrogen and oxygen atoms in total. The smallest absolute Gasteiger partial charge is 0.410 e. The number of aliphatic carboxylic acids is 1. The number of nitrogens with zero attached hydrogens (tertiary/aromatic N) is 1. The van der Waals surface area contributed by atoms with Crippen LogP contribution in [0.1, 0.15) is 44.2 Å². The second-order valence-electron chi connectivity index (χ2n) is 9.60. The van der Waals surface area contributed by atoms with E-state index in [-0.39, 0.29) is 31.1 Å². The Kier molecular flexibility index (Phi) is 7.81. The van der Waals surface area contributed by atoms with Gasteiger partial charge in [0.25, 0.3) is 0 Å². The van der Waals surface area contributed by atoms with E-state index < -0.39 is 24.2 Å². The maximum Gasteiger partial charge on any atom is 0.410 e. The van der Waals surface area contributed by atoms with Crippen LogP contribution in [-0.2, 0) is 14.3 Å². The molecule has 2 aromatic rings. The summed E-state index contributed by atoms with van der Waals surface area (Å²) < 4.78 is 10.6. The molecule has 1 aliphatic carbocycles. The fraction of sp³-hybridized carbons (Fsp3) is 0.423. The Morgan fingerprint density at radius 1 is 1.00 bits per heavy atom. The number of amides is 2. The van der Waals surface area contributed by atoms with Crippen molar-refractivity contribution < 1.29 is 29.0 Å². The minimum atomic E-state index is -1.30. The molecular formula is C26H32N2O6. The van der Waals surface area contributed by atoms with Crippen molar-refractivity contribution in [3.05, 3.63) is 59.7 Å². The summed E-state index contributed by atoms with van der Waals surface area (Å²) in [6.45, 7) is 6.07. The molecule has 3 rings (SSSR count). The molecule has 0 spiro atoms. The molecule has 2 aromatic carbocycles. The molecule has 0 unspecified atom stereocenters. The van der Waals surface area contributed by atoms with Gasteiger partial charge in [-0.15, -0.1) is 0 Å². The molecule has 182 valence electrons. The first-order valence-electron chi connectivity index (χ1n) is 11.3. The number of benzene rings is 2. The Morgan fingerprint density at radius 2 is 1.56 bits per heavy atom. The van der Waals surface area contributed by atoms with Crippen LogP contribution in [0.3, 0.4) is 0 Å². The van der Waals surface area contributed by atoms with E-state index in [9.17, 15) is 19.5 Å². The van der Waals surface area contributed by atoms with Gasteiger partial charge in [-0.05, 0) is 34.1 Å². The summed E-state index contributed by atoms with van der Waals surface area (Å²) in [5.41, 5.74) is 4.34. The minimum Gasteiger partial charge on any atom is -0.480 e. The number of carboxylic acid groups (broad SMARTS) is 1. The Bertz CT molecular complexity index is 1000. The van der Waals surface area contributed by atoms with Gasteiger partial charge in [-0.2, -0.15) is 0 Å². The second kappa shape index (κ2) is 10.6. The number of carboxylic acids is 1. The largest absolute Gasteiger partial charge is 0.480 e. The normalized spacial score (nSPS) is 13.4. The summed E-state index contributed by atoms with van der Waals surface area (Å²) in [5, 5.41) is 12.0. The van der Waals surface area contributed by atoms with Gasteiger partial charge in [-0.25, -0.2) is 14.4 Å². The number of carbonyl (C=O) groups excluding carboxylic acids is 2.